The number of amides is 1. The van der Waals surface area contributed by atoms with Crippen LogP contribution < -0.4 is 4.90 Å². The minimum Gasteiger partial charge on any atom is -0.329 e. The molecule has 1 heterocycles. The van der Waals surface area contributed by atoms with Crippen molar-refractivity contribution in [3.63, 3.8) is 0 Å². The van der Waals surface area contributed by atoms with Crippen molar-refractivity contribution in [2.75, 3.05) is 32.7 Å². The van der Waals surface area contributed by atoms with Crippen LogP contribution in [0.1, 0.15) is 15.9 Å². The standard InChI is InChI=1S/C24H24N2O/c27-24(23-13-12-21-10-4-5-11-22(21)19-23)26-17-15-25(16-18-26)14-6-9-20-7-2-1-3-8-20/h1-13,19H,14-18H2/p+1/b9-6+. The van der Waals surface area contributed by atoms with E-state index < -0.39 is 0 Å². The number of hydrogen-bond donors (Lipinski definition) is 1. The van der Waals surface area contributed by atoms with Crippen LogP contribution in [-0.2, 0) is 0 Å². The second kappa shape index (κ2) is 8.19. The van der Waals surface area contributed by atoms with Crippen LogP contribution >= 0.6 is 0 Å². The first-order valence-corrected chi connectivity index (χ1v) is 9.63. The van der Waals surface area contributed by atoms with E-state index in [1.807, 2.05) is 41.3 Å². The first-order chi connectivity index (χ1) is 13.3. The van der Waals surface area contributed by atoms with Crippen molar-refractivity contribution >= 4 is 22.8 Å². The van der Waals surface area contributed by atoms with Gasteiger partial charge in [-0.2, -0.15) is 0 Å². The Labute approximate surface area is 160 Å². The number of hydrogen-bond acceptors (Lipinski definition) is 1. The first kappa shape index (κ1) is 17.5. The Balaban J connectivity index is 1.33. The highest BCUT2D eigenvalue weighted by atomic mass is 16.2. The smallest absolute Gasteiger partial charge is 0.254 e. The minimum atomic E-state index is 0.152. The van der Waals surface area contributed by atoms with Crippen LogP contribution in [0.15, 0.2) is 78.9 Å². The maximum atomic E-state index is 12.9. The quantitative estimate of drug-likeness (QED) is 0.763. The van der Waals surface area contributed by atoms with Crippen LogP contribution in [0.3, 0.4) is 0 Å². The summed E-state index contributed by atoms with van der Waals surface area (Å²) in [6.07, 6.45) is 4.42. The Hall–Kier alpha value is -2.91. The third kappa shape index (κ3) is 4.26. The Morgan fingerprint density at radius 2 is 1.59 bits per heavy atom. The summed E-state index contributed by atoms with van der Waals surface area (Å²) in [6.45, 7) is 4.64. The van der Waals surface area contributed by atoms with Crippen molar-refractivity contribution in [1.29, 1.82) is 0 Å². The van der Waals surface area contributed by atoms with Crippen LogP contribution in [0.5, 0.6) is 0 Å². The fourth-order valence-corrected chi connectivity index (χ4v) is 3.66. The Kier molecular flexibility index (Phi) is 5.31. The summed E-state index contributed by atoms with van der Waals surface area (Å²) in [7, 11) is 0. The van der Waals surface area contributed by atoms with Gasteiger partial charge in [-0.05, 0) is 34.5 Å². The van der Waals surface area contributed by atoms with Crippen molar-refractivity contribution in [2.45, 2.75) is 0 Å². The predicted molar refractivity (Wildman–Crippen MR) is 111 cm³/mol. The lowest BCUT2D eigenvalue weighted by Crippen LogP contribution is -3.14. The molecular weight excluding hydrogens is 332 g/mol. The Morgan fingerprint density at radius 3 is 2.37 bits per heavy atom. The molecule has 1 N–H and O–H groups in total. The number of nitrogens with one attached hydrogen (secondary N) is 1. The zero-order valence-electron chi connectivity index (χ0n) is 15.5. The topological polar surface area (TPSA) is 24.8 Å². The van der Waals surface area contributed by atoms with Gasteiger partial charge in [0, 0.05) is 5.56 Å². The normalized spacial score (nSPS) is 15.5. The van der Waals surface area contributed by atoms with E-state index in [4.69, 9.17) is 0 Å². The molecule has 1 aliphatic heterocycles. The molecular formula is C24H25N2O+. The molecule has 3 aromatic carbocycles. The second-order valence-electron chi connectivity index (χ2n) is 7.12. The number of benzene rings is 3. The molecule has 1 saturated heterocycles. The van der Waals surface area contributed by atoms with E-state index in [1.54, 1.807) is 0 Å². The van der Waals surface area contributed by atoms with Crippen LogP contribution in [0.4, 0.5) is 0 Å². The molecule has 1 aliphatic rings. The molecule has 0 unspecified atom stereocenters. The Morgan fingerprint density at radius 1 is 0.889 bits per heavy atom. The number of nitrogens with zero attached hydrogens (tertiary/aromatic N) is 1. The lowest BCUT2D eigenvalue weighted by molar-refractivity contribution is -0.898. The fourth-order valence-electron chi connectivity index (χ4n) is 3.66. The summed E-state index contributed by atoms with van der Waals surface area (Å²) in [5.74, 6) is 0.152. The Bertz CT molecular complexity index is 941. The van der Waals surface area contributed by atoms with Crippen LogP contribution in [0.25, 0.3) is 16.8 Å². The largest absolute Gasteiger partial charge is 0.329 e. The molecule has 0 aromatic heterocycles. The summed E-state index contributed by atoms with van der Waals surface area (Å²) >= 11 is 0. The van der Waals surface area contributed by atoms with E-state index >= 15 is 0 Å². The molecule has 0 aliphatic carbocycles. The maximum Gasteiger partial charge on any atom is 0.254 e. The fraction of sp³-hybridized carbons (Fsp3) is 0.208. The predicted octanol–water partition coefficient (Wildman–Crippen LogP) is 2.89. The average Bonchev–Trinajstić information content (AvgIpc) is 2.74. The molecule has 27 heavy (non-hydrogen) atoms. The summed E-state index contributed by atoms with van der Waals surface area (Å²) < 4.78 is 0. The molecule has 3 aromatic rings. The summed E-state index contributed by atoms with van der Waals surface area (Å²) in [6, 6.07) is 24.6. The van der Waals surface area contributed by atoms with E-state index in [2.05, 4.69) is 48.6 Å². The van der Waals surface area contributed by atoms with Crippen molar-refractivity contribution in [3.8, 4) is 0 Å². The molecule has 1 amide bonds. The van der Waals surface area contributed by atoms with Crippen LogP contribution in [-0.4, -0.2) is 43.5 Å². The van der Waals surface area contributed by atoms with Gasteiger partial charge in [-0.15, -0.1) is 0 Å². The van der Waals surface area contributed by atoms with Gasteiger partial charge in [-0.1, -0.05) is 66.7 Å². The summed E-state index contributed by atoms with van der Waals surface area (Å²) in [4.78, 5) is 16.4. The zero-order valence-corrected chi connectivity index (χ0v) is 15.5. The SMILES string of the molecule is O=C(c1ccc2ccccc2c1)N1CC[NH+](C/C=C/c2ccccc2)CC1. The van der Waals surface area contributed by atoms with E-state index in [9.17, 15) is 4.79 Å². The molecule has 3 heteroatoms. The number of fused-ring (bicyclic) bond motifs is 1. The lowest BCUT2D eigenvalue weighted by Gasteiger charge is -2.31. The lowest BCUT2D eigenvalue weighted by atomic mass is 10.1. The van der Waals surface area contributed by atoms with Crippen molar-refractivity contribution in [2.24, 2.45) is 0 Å². The van der Waals surface area contributed by atoms with Gasteiger partial charge in [0.1, 0.15) is 0 Å². The van der Waals surface area contributed by atoms with Gasteiger partial charge in [0.15, 0.2) is 0 Å². The summed E-state index contributed by atoms with van der Waals surface area (Å²) in [5, 5.41) is 2.30. The van der Waals surface area contributed by atoms with Crippen LogP contribution in [0, 0.1) is 0 Å². The summed E-state index contributed by atoms with van der Waals surface area (Å²) in [5.41, 5.74) is 2.03. The van der Waals surface area contributed by atoms with Crippen molar-refractivity contribution in [3.05, 3.63) is 90.0 Å². The minimum absolute atomic E-state index is 0.152. The number of piperazine rings is 1. The van der Waals surface area contributed by atoms with Gasteiger partial charge in [0.2, 0.25) is 0 Å². The number of carbonyl (C=O) groups is 1. The number of quaternary nitrogens is 1. The highest BCUT2D eigenvalue weighted by Gasteiger charge is 2.23. The van der Waals surface area contributed by atoms with E-state index in [0.717, 1.165) is 43.7 Å². The monoisotopic (exact) mass is 357 g/mol. The second-order valence-corrected chi connectivity index (χ2v) is 7.12. The molecule has 136 valence electrons. The molecule has 4 rings (SSSR count). The molecule has 1 fully saturated rings. The highest BCUT2D eigenvalue weighted by Crippen LogP contribution is 2.17. The highest BCUT2D eigenvalue weighted by molar-refractivity contribution is 5.98. The number of carbonyl (C=O) groups excluding carboxylic acids is 1. The van der Waals surface area contributed by atoms with E-state index in [-0.39, 0.29) is 5.91 Å². The molecule has 0 saturated carbocycles. The maximum absolute atomic E-state index is 12.9. The molecule has 0 spiro atoms. The number of rotatable bonds is 4. The molecule has 0 radical (unpaired) electrons. The third-order valence-corrected chi connectivity index (χ3v) is 5.27. The van der Waals surface area contributed by atoms with E-state index in [0.29, 0.717) is 0 Å². The van der Waals surface area contributed by atoms with Gasteiger partial charge in [0.25, 0.3) is 5.91 Å². The van der Waals surface area contributed by atoms with Crippen molar-refractivity contribution in [1.82, 2.24) is 4.90 Å². The average molecular weight is 357 g/mol. The first-order valence-electron chi connectivity index (χ1n) is 9.63. The molecule has 0 atom stereocenters. The van der Waals surface area contributed by atoms with Crippen molar-refractivity contribution < 1.29 is 9.69 Å². The zero-order chi connectivity index (χ0) is 18.5. The van der Waals surface area contributed by atoms with Gasteiger partial charge in [0.05, 0.1) is 32.7 Å². The van der Waals surface area contributed by atoms with Gasteiger partial charge < -0.3 is 9.80 Å². The van der Waals surface area contributed by atoms with E-state index in [1.165, 1.54) is 15.8 Å². The third-order valence-electron chi connectivity index (χ3n) is 5.27. The van der Waals surface area contributed by atoms with Gasteiger partial charge >= 0.3 is 0 Å². The van der Waals surface area contributed by atoms with Crippen LogP contribution in [0.2, 0.25) is 0 Å². The molecule has 3 nitrogen and oxygen atoms in total. The van der Waals surface area contributed by atoms with Gasteiger partial charge in [-0.25, -0.2) is 0 Å². The van der Waals surface area contributed by atoms with Gasteiger partial charge in [-0.3, -0.25) is 4.79 Å². The molecule has 0 bridgehead atoms.